The molecule has 2 aromatic rings. The number of hydrogen-bond donors (Lipinski definition) is 1. The van der Waals surface area contributed by atoms with Gasteiger partial charge in [0.05, 0.1) is 24.4 Å². The van der Waals surface area contributed by atoms with Gasteiger partial charge in [0, 0.05) is 30.6 Å². The van der Waals surface area contributed by atoms with Crippen LogP contribution in [0.1, 0.15) is 20.3 Å². The van der Waals surface area contributed by atoms with Gasteiger partial charge < -0.3 is 15.4 Å². The summed E-state index contributed by atoms with van der Waals surface area (Å²) < 4.78 is 5.68. The molecule has 1 saturated heterocycles. The Balaban J connectivity index is 1.87. The van der Waals surface area contributed by atoms with Crippen molar-refractivity contribution in [3.8, 4) is 11.3 Å². The summed E-state index contributed by atoms with van der Waals surface area (Å²) in [6.45, 7) is 5.83. The molecule has 0 aliphatic carbocycles. The molecule has 2 aromatic heterocycles. The molecule has 0 bridgehead atoms. The van der Waals surface area contributed by atoms with Crippen LogP contribution in [0.4, 0.5) is 11.8 Å². The lowest BCUT2D eigenvalue weighted by atomic mass is 10.1. The van der Waals surface area contributed by atoms with Crippen LogP contribution in [0.15, 0.2) is 24.8 Å². The van der Waals surface area contributed by atoms with Crippen LogP contribution < -0.4 is 10.6 Å². The van der Waals surface area contributed by atoms with Crippen LogP contribution in [0.3, 0.4) is 0 Å². The third kappa shape index (κ3) is 2.99. The first-order valence-electron chi connectivity index (χ1n) is 7.45. The molecular weight excluding hydrogens is 280 g/mol. The molecule has 0 aromatic carbocycles. The molecular formula is C15H20N6O. The second kappa shape index (κ2) is 6.23. The van der Waals surface area contributed by atoms with Crippen molar-refractivity contribution in [2.75, 3.05) is 23.8 Å². The van der Waals surface area contributed by atoms with Crippen LogP contribution in [0.2, 0.25) is 0 Å². The summed E-state index contributed by atoms with van der Waals surface area (Å²) in [5.74, 6) is 1.15. The van der Waals surface area contributed by atoms with E-state index in [1.807, 2.05) is 6.07 Å². The Bertz CT molecular complexity index is 632. The highest BCUT2D eigenvalue weighted by Gasteiger charge is 2.27. The average Bonchev–Trinajstić information content (AvgIpc) is 2.95. The second-order valence-corrected chi connectivity index (χ2v) is 5.41. The predicted octanol–water partition coefficient (Wildman–Crippen LogP) is 1.52. The highest BCUT2D eigenvalue weighted by Crippen LogP contribution is 2.25. The van der Waals surface area contributed by atoms with Gasteiger partial charge in [-0.2, -0.15) is 0 Å². The maximum atomic E-state index is 5.68. The largest absolute Gasteiger partial charge is 0.376 e. The molecule has 22 heavy (non-hydrogen) atoms. The lowest BCUT2D eigenvalue weighted by Gasteiger charge is -2.27. The summed E-state index contributed by atoms with van der Waals surface area (Å²) in [7, 11) is 0. The SMILES string of the molecule is CCN(c1cc(-c2cnc(N)nc2)ncn1)[C@@H]1CO[C@H](C)C1. The maximum absolute atomic E-state index is 5.68. The Morgan fingerprint density at radius 2 is 2.05 bits per heavy atom. The number of rotatable bonds is 4. The minimum Gasteiger partial charge on any atom is -0.376 e. The van der Waals surface area contributed by atoms with Gasteiger partial charge in [0.2, 0.25) is 5.95 Å². The number of ether oxygens (including phenoxy) is 1. The van der Waals surface area contributed by atoms with Crippen LogP contribution >= 0.6 is 0 Å². The summed E-state index contributed by atoms with van der Waals surface area (Å²) in [6, 6.07) is 2.31. The highest BCUT2D eigenvalue weighted by atomic mass is 16.5. The van der Waals surface area contributed by atoms with Gasteiger partial charge in [-0.05, 0) is 20.3 Å². The molecule has 0 saturated carbocycles. The van der Waals surface area contributed by atoms with Crippen LogP contribution in [-0.2, 0) is 4.74 Å². The van der Waals surface area contributed by atoms with Crippen LogP contribution in [0, 0.1) is 0 Å². The molecule has 1 aliphatic rings. The van der Waals surface area contributed by atoms with E-state index in [1.165, 1.54) is 0 Å². The van der Waals surface area contributed by atoms with E-state index >= 15 is 0 Å². The van der Waals surface area contributed by atoms with Gasteiger partial charge >= 0.3 is 0 Å². The van der Waals surface area contributed by atoms with Crippen LogP contribution in [0.5, 0.6) is 0 Å². The molecule has 3 heterocycles. The van der Waals surface area contributed by atoms with E-state index in [4.69, 9.17) is 10.5 Å². The van der Waals surface area contributed by atoms with Crippen molar-refractivity contribution < 1.29 is 4.74 Å². The standard InChI is InChI=1S/C15H20N6O/c1-3-21(12-4-10(2)22-8-12)14-5-13(19-9-20-14)11-6-17-15(16)18-7-11/h5-7,9-10,12H,3-4,8H2,1-2H3,(H2,16,17,18)/t10-,12+/m1/s1. The fraction of sp³-hybridized carbons (Fsp3) is 0.467. The quantitative estimate of drug-likeness (QED) is 0.915. The maximum Gasteiger partial charge on any atom is 0.219 e. The van der Waals surface area contributed by atoms with Gasteiger partial charge in [-0.25, -0.2) is 19.9 Å². The zero-order valence-corrected chi connectivity index (χ0v) is 12.8. The van der Waals surface area contributed by atoms with E-state index in [-0.39, 0.29) is 5.95 Å². The van der Waals surface area contributed by atoms with Crippen molar-refractivity contribution in [3.63, 3.8) is 0 Å². The number of nitrogens with two attached hydrogens (primary N) is 1. The molecule has 2 N–H and O–H groups in total. The average molecular weight is 300 g/mol. The van der Waals surface area contributed by atoms with E-state index in [0.29, 0.717) is 12.1 Å². The van der Waals surface area contributed by atoms with Gasteiger partial charge in [0.15, 0.2) is 0 Å². The summed E-state index contributed by atoms with van der Waals surface area (Å²) in [5, 5.41) is 0. The lowest BCUT2D eigenvalue weighted by Crippen LogP contribution is -2.36. The fourth-order valence-electron chi connectivity index (χ4n) is 2.75. The number of hydrogen-bond acceptors (Lipinski definition) is 7. The third-order valence-corrected chi connectivity index (χ3v) is 3.87. The predicted molar refractivity (Wildman–Crippen MR) is 84.3 cm³/mol. The molecule has 0 amide bonds. The molecule has 0 spiro atoms. The number of nitrogen functional groups attached to an aromatic ring is 1. The number of nitrogens with zero attached hydrogens (tertiary/aromatic N) is 5. The normalized spacial score (nSPS) is 21.0. The van der Waals surface area contributed by atoms with E-state index < -0.39 is 0 Å². The monoisotopic (exact) mass is 300 g/mol. The zero-order chi connectivity index (χ0) is 15.5. The molecule has 7 nitrogen and oxygen atoms in total. The Kier molecular flexibility index (Phi) is 4.15. The Labute approximate surface area is 129 Å². The summed E-state index contributed by atoms with van der Waals surface area (Å²) >= 11 is 0. The van der Waals surface area contributed by atoms with E-state index in [0.717, 1.165) is 36.6 Å². The van der Waals surface area contributed by atoms with Gasteiger partial charge in [0.25, 0.3) is 0 Å². The van der Waals surface area contributed by atoms with Crippen molar-refractivity contribution in [1.82, 2.24) is 19.9 Å². The first kappa shape index (κ1) is 14.6. The number of aromatic nitrogens is 4. The van der Waals surface area contributed by atoms with Crippen molar-refractivity contribution in [1.29, 1.82) is 0 Å². The summed E-state index contributed by atoms with van der Waals surface area (Å²) in [5.41, 5.74) is 7.13. The van der Waals surface area contributed by atoms with Gasteiger partial charge in [-0.1, -0.05) is 0 Å². The van der Waals surface area contributed by atoms with Crippen molar-refractivity contribution in [2.45, 2.75) is 32.4 Å². The van der Waals surface area contributed by atoms with Crippen LogP contribution in [0.25, 0.3) is 11.3 Å². The van der Waals surface area contributed by atoms with Gasteiger partial charge in [-0.15, -0.1) is 0 Å². The Morgan fingerprint density at radius 3 is 2.68 bits per heavy atom. The van der Waals surface area contributed by atoms with E-state index in [1.54, 1.807) is 18.7 Å². The summed E-state index contributed by atoms with van der Waals surface area (Å²) in [4.78, 5) is 19.0. The van der Waals surface area contributed by atoms with E-state index in [2.05, 4.69) is 38.7 Å². The van der Waals surface area contributed by atoms with Gasteiger partial charge in [0.1, 0.15) is 12.1 Å². The minimum absolute atomic E-state index is 0.255. The second-order valence-electron chi connectivity index (χ2n) is 5.41. The molecule has 1 fully saturated rings. The van der Waals surface area contributed by atoms with Crippen LogP contribution in [-0.4, -0.2) is 45.2 Å². The lowest BCUT2D eigenvalue weighted by molar-refractivity contribution is 0.123. The topological polar surface area (TPSA) is 90.1 Å². The Hall–Kier alpha value is -2.28. The Morgan fingerprint density at radius 1 is 1.27 bits per heavy atom. The molecule has 1 aliphatic heterocycles. The van der Waals surface area contributed by atoms with Crippen molar-refractivity contribution >= 4 is 11.8 Å². The van der Waals surface area contributed by atoms with Crippen molar-refractivity contribution in [3.05, 3.63) is 24.8 Å². The van der Waals surface area contributed by atoms with Crippen molar-refractivity contribution in [2.24, 2.45) is 0 Å². The summed E-state index contributed by atoms with van der Waals surface area (Å²) in [6.07, 6.45) is 6.23. The number of likely N-dealkylation sites (N-methyl/N-ethyl adjacent to an activating group) is 1. The van der Waals surface area contributed by atoms with Gasteiger partial charge in [-0.3, -0.25) is 0 Å². The zero-order valence-electron chi connectivity index (χ0n) is 12.8. The molecule has 0 radical (unpaired) electrons. The molecule has 2 atom stereocenters. The number of anilines is 2. The molecule has 3 rings (SSSR count). The highest BCUT2D eigenvalue weighted by molar-refractivity contribution is 5.61. The molecule has 0 unspecified atom stereocenters. The molecule has 116 valence electrons. The molecule has 7 heteroatoms. The van der Waals surface area contributed by atoms with E-state index in [9.17, 15) is 0 Å². The third-order valence-electron chi connectivity index (χ3n) is 3.87. The first-order chi connectivity index (χ1) is 10.7. The fourth-order valence-corrected chi connectivity index (χ4v) is 2.75. The smallest absolute Gasteiger partial charge is 0.219 e. The minimum atomic E-state index is 0.255. The first-order valence-corrected chi connectivity index (χ1v) is 7.45.